The summed E-state index contributed by atoms with van der Waals surface area (Å²) in [5.41, 5.74) is -0.397. The highest BCUT2D eigenvalue weighted by Gasteiger charge is 2.41. The van der Waals surface area contributed by atoms with E-state index in [2.05, 4.69) is 5.32 Å². The number of rotatable bonds is 8. The van der Waals surface area contributed by atoms with Crippen molar-refractivity contribution in [1.29, 1.82) is 0 Å². The Labute approximate surface area is 135 Å². The minimum atomic E-state index is -0.397. The summed E-state index contributed by atoms with van der Waals surface area (Å²) in [7, 11) is 0. The molecule has 126 valence electrons. The van der Waals surface area contributed by atoms with Crippen molar-refractivity contribution in [2.24, 2.45) is 11.8 Å². The van der Waals surface area contributed by atoms with E-state index in [-0.39, 0.29) is 6.09 Å². The lowest BCUT2D eigenvalue weighted by Gasteiger charge is -2.27. The van der Waals surface area contributed by atoms with Gasteiger partial charge in [0.15, 0.2) is 0 Å². The van der Waals surface area contributed by atoms with Gasteiger partial charge in [-0.15, -0.1) is 0 Å². The van der Waals surface area contributed by atoms with E-state index in [1.54, 1.807) is 0 Å². The number of amides is 1. The molecule has 4 heteroatoms. The molecule has 0 aromatic heterocycles. The van der Waals surface area contributed by atoms with Gasteiger partial charge in [-0.1, -0.05) is 0 Å². The molecule has 0 bridgehead atoms. The van der Waals surface area contributed by atoms with Crippen LogP contribution >= 0.6 is 0 Å². The normalized spacial score (nSPS) is 22.0. The lowest BCUT2D eigenvalue weighted by atomic mass is 10.1. The maximum absolute atomic E-state index is 12.3. The Morgan fingerprint density at radius 1 is 1.14 bits per heavy atom. The average molecular weight is 308 g/mol. The quantitative estimate of drug-likeness (QED) is 0.697. The molecule has 0 radical (unpaired) electrons. The van der Waals surface area contributed by atoms with Crippen LogP contribution in [0, 0.1) is 11.8 Å². The third-order valence-corrected chi connectivity index (χ3v) is 4.83. The number of nitrogens with zero attached hydrogens (tertiary/aromatic N) is 1. The standard InChI is InChI=1S/C18H32N2O2/c1-18(2,3)22-17(21)20(15-9-10-15)12-4-11-19-16(13-5-6-13)14-7-8-14/h13-16,19H,4-12H2,1-3H3. The molecule has 22 heavy (non-hydrogen) atoms. The van der Waals surface area contributed by atoms with Crippen LogP contribution in [0.25, 0.3) is 0 Å². The molecule has 0 heterocycles. The molecule has 3 aliphatic carbocycles. The number of hydrogen-bond acceptors (Lipinski definition) is 3. The third-order valence-electron chi connectivity index (χ3n) is 4.83. The molecule has 0 aliphatic heterocycles. The van der Waals surface area contributed by atoms with Gasteiger partial charge in [0, 0.05) is 18.6 Å². The van der Waals surface area contributed by atoms with Crippen LogP contribution in [0.4, 0.5) is 4.79 Å². The van der Waals surface area contributed by atoms with Crippen molar-refractivity contribution in [3.63, 3.8) is 0 Å². The van der Waals surface area contributed by atoms with E-state index in [0.29, 0.717) is 6.04 Å². The van der Waals surface area contributed by atoms with Gasteiger partial charge in [0.2, 0.25) is 0 Å². The van der Waals surface area contributed by atoms with Crippen LogP contribution in [0.1, 0.15) is 65.7 Å². The minimum absolute atomic E-state index is 0.129. The number of hydrogen-bond donors (Lipinski definition) is 1. The van der Waals surface area contributed by atoms with Gasteiger partial charge in [-0.05, 0) is 84.1 Å². The molecule has 0 unspecified atom stereocenters. The first-order valence-electron chi connectivity index (χ1n) is 9.17. The van der Waals surface area contributed by atoms with Gasteiger partial charge in [0.05, 0.1) is 0 Å². The summed E-state index contributed by atoms with van der Waals surface area (Å²) in [6.45, 7) is 7.67. The predicted octanol–water partition coefficient (Wildman–Crippen LogP) is 3.55. The van der Waals surface area contributed by atoms with Crippen LogP contribution in [0.5, 0.6) is 0 Å². The third kappa shape index (κ3) is 4.87. The van der Waals surface area contributed by atoms with Gasteiger partial charge >= 0.3 is 6.09 Å². The van der Waals surface area contributed by atoms with Crippen molar-refractivity contribution in [2.45, 2.75) is 83.4 Å². The molecule has 1 N–H and O–H groups in total. The molecule has 4 nitrogen and oxygen atoms in total. The molecule has 3 rings (SSSR count). The molecule has 1 amide bonds. The first kappa shape index (κ1) is 16.1. The fraction of sp³-hybridized carbons (Fsp3) is 0.944. The smallest absolute Gasteiger partial charge is 0.410 e. The molecule has 3 fully saturated rings. The second-order valence-electron chi connectivity index (χ2n) is 8.41. The topological polar surface area (TPSA) is 41.6 Å². The summed E-state index contributed by atoms with van der Waals surface area (Å²) >= 11 is 0. The summed E-state index contributed by atoms with van der Waals surface area (Å²) < 4.78 is 5.54. The zero-order valence-corrected chi connectivity index (χ0v) is 14.4. The van der Waals surface area contributed by atoms with Crippen LogP contribution in [0.2, 0.25) is 0 Å². The monoisotopic (exact) mass is 308 g/mol. The summed E-state index contributed by atoms with van der Waals surface area (Å²) in [6.07, 6.45) is 8.85. The molecule has 0 aromatic rings. The maximum Gasteiger partial charge on any atom is 0.410 e. The summed E-state index contributed by atoms with van der Waals surface area (Å²) in [4.78, 5) is 14.2. The highest BCUT2D eigenvalue weighted by molar-refractivity contribution is 5.69. The van der Waals surface area contributed by atoms with E-state index in [4.69, 9.17) is 4.74 Å². The lowest BCUT2D eigenvalue weighted by Crippen LogP contribution is -2.40. The summed E-state index contributed by atoms with van der Waals surface area (Å²) in [5.74, 6) is 1.88. The van der Waals surface area contributed by atoms with Crippen LogP contribution in [-0.4, -0.2) is 41.8 Å². The fourth-order valence-corrected chi connectivity index (χ4v) is 3.28. The minimum Gasteiger partial charge on any atom is -0.444 e. The Morgan fingerprint density at radius 2 is 1.73 bits per heavy atom. The maximum atomic E-state index is 12.3. The van der Waals surface area contributed by atoms with Crippen molar-refractivity contribution in [3.8, 4) is 0 Å². The number of nitrogens with one attached hydrogen (secondary N) is 1. The van der Waals surface area contributed by atoms with E-state index in [1.807, 2.05) is 25.7 Å². The van der Waals surface area contributed by atoms with E-state index in [9.17, 15) is 4.79 Å². The van der Waals surface area contributed by atoms with Gasteiger partial charge < -0.3 is 15.0 Å². The Kier molecular flexibility index (Phi) is 4.67. The first-order chi connectivity index (χ1) is 10.4. The van der Waals surface area contributed by atoms with Crippen molar-refractivity contribution in [1.82, 2.24) is 10.2 Å². The number of carbonyl (C=O) groups excluding carboxylic acids is 1. The first-order valence-corrected chi connectivity index (χ1v) is 9.17. The molecule has 3 aliphatic rings. The average Bonchev–Trinajstić information content (AvgIpc) is 3.22. The highest BCUT2D eigenvalue weighted by Crippen LogP contribution is 2.44. The Bertz CT molecular complexity index is 380. The SMILES string of the molecule is CC(C)(C)OC(=O)N(CCCNC(C1CC1)C1CC1)C1CC1. The van der Waals surface area contributed by atoms with Crippen LogP contribution in [-0.2, 0) is 4.74 Å². The van der Waals surface area contributed by atoms with E-state index in [1.165, 1.54) is 25.7 Å². The summed E-state index contributed by atoms with van der Waals surface area (Å²) in [5, 5.41) is 3.77. The second-order valence-corrected chi connectivity index (χ2v) is 8.41. The van der Waals surface area contributed by atoms with Gasteiger partial charge in [0.1, 0.15) is 5.60 Å². The zero-order valence-electron chi connectivity index (χ0n) is 14.4. The van der Waals surface area contributed by atoms with Crippen molar-refractivity contribution >= 4 is 6.09 Å². The van der Waals surface area contributed by atoms with E-state index >= 15 is 0 Å². The number of ether oxygens (including phenoxy) is 1. The Balaban J connectivity index is 1.39. The van der Waals surface area contributed by atoms with Gasteiger partial charge in [0.25, 0.3) is 0 Å². The molecule has 0 atom stereocenters. The summed E-state index contributed by atoms with van der Waals surface area (Å²) in [6, 6.07) is 1.19. The van der Waals surface area contributed by atoms with Gasteiger partial charge in [-0.2, -0.15) is 0 Å². The van der Waals surface area contributed by atoms with Crippen LogP contribution in [0.15, 0.2) is 0 Å². The second kappa shape index (κ2) is 6.38. The van der Waals surface area contributed by atoms with Gasteiger partial charge in [-0.3, -0.25) is 0 Å². The molecule has 0 spiro atoms. The van der Waals surface area contributed by atoms with Gasteiger partial charge in [-0.25, -0.2) is 4.79 Å². The Hall–Kier alpha value is -0.770. The van der Waals surface area contributed by atoms with Crippen molar-refractivity contribution < 1.29 is 9.53 Å². The van der Waals surface area contributed by atoms with E-state index in [0.717, 1.165) is 50.2 Å². The van der Waals surface area contributed by atoms with Crippen LogP contribution in [0.3, 0.4) is 0 Å². The lowest BCUT2D eigenvalue weighted by molar-refractivity contribution is 0.0231. The zero-order chi connectivity index (χ0) is 15.7. The molecular formula is C18H32N2O2. The fourth-order valence-electron chi connectivity index (χ4n) is 3.28. The predicted molar refractivity (Wildman–Crippen MR) is 87.8 cm³/mol. The molecule has 0 aromatic carbocycles. The van der Waals surface area contributed by atoms with Crippen molar-refractivity contribution in [2.75, 3.05) is 13.1 Å². The largest absolute Gasteiger partial charge is 0.444 e. The van der Waals surface area contributed by atoms with Crippen molar-refractivity contribution in [3.05, 3.63) is 0 Å². The van der Waals surface area contributed by atoms with E-state index < -0.39 is 5.60 Å². The highest BCUT2D eigenvalue weighted by atomic mass is 16.6. The van der Waals surface area contributed by atoms with Crippen LogP contribution < -0.4 is 5.32 Å². The molecule has 3 saturated carbocycles. The Morgan fingerprint density at radius 3 is 2.18 bits per heavy atom. The molecular weight excluding hydrogens is 276 g/mol. The molecule has 0 saturated heterocycles. The number of carbonyl (C=O) groups is 1.